The fraction of sp³-hybridized carbons (Fsp3) is 0.333. The van der Waals surface area contributed by atoms with Gasteiger partial charge < -0.3 is 14.6 Å². The van der Waals surface area contributed by atoms with Crippen LogP contribution in [0.15, 0.2) is 42.6 Å². The summed E-state index contributed by atoms with van der Waals surface area (Å²) in [5.41, 5.74) is 2.20. The number of nitrogens with one attached hydrogen (secondary N) is 1. The molecule has 0 radical (unpaired) electrons. The molecule has 1 N–H and O–H groups in total. The van der Waals surface area contributed by atoms with Crippen molar-refractivity contribution >= 4 is 17.6 Å². The molecule has 0 aliphatic rings. The lowest BCUT2D eigenvalue weighted by Crippen LogP contribution is -2.30. The summed E-state index contributed by atoms with van der Waals surface area (Å²) in [6.07, 6.45) is 0.873. The highest BCUT2D eigenvalue weighted by molar-refractivity contribution is 5.97. The molecule has 0 aliphatic heterocycles. The maximum atomic E-state index is 12.3. The summed E-state index contributed by atoms with van der Waals surface area (Å²) in [6, 6.07) is 11.0. The van der Waals surface area contributed by atoms with Crippen LogP contribution in [0, 0.1) is 0 Å². The minimum atomic E-state index is -0.877. The van der Waals surface area contributed by atoms with Gasteiger partial charge >= 0.3 is 5.97 Å². The van der Waals surface area contributed by atoms with Crippen LogP contribution in [-0.4, -0.2) is 22.5 Å². The smallest absolute Gasteiger partial charge is 0.355 e. The van der Waals surface area contributed by atoms with Crippen molar-refractivity contribution in [1.82, 2.24) is 4.57 Å². The Morgan fingerprint density at radius 1 is 1.09 bits per heavy atom. The normalized spacial score (nSPS) is 12.0. The number of ether oxygens (including phenoxy) is 1. The van der Waals surface area contributed by atoms with Crippen LogP contribution in [-0.2, 0) is 16.6 Å². The van der Waals surface area contributed by atoms with E-state index in [1.807, 2.05) is 24.3 Å². The minimum Gasteiger partial charge on any atom is -0.448 e. The Labute approximate surface area is 136 Å². The number of nitrogens with zero attached hydrogens (tertiary/aromatic N) is 1. The van der Waals surface area contributed by atoms with Gasteiger partial charge in [-0.15, -0.1) is 0 Å². The van der Waals surface area contributed by atoms with E-state index in [0.717, 1.165) is 11.3 Å². The molecule has 0 bridgehead atoms. The number of carbonyl (C=O) groups is 2. The van der Waals surface area contributed by atoms with Crippen LogP contribution in [0.4, 0.5) is 5.69 Å². The van der Waals surface area contributed by atoms with Gasteiger partial charge in [-0.25, -0.2) is 4.79 Å². The zero-order chi connectivity index (χ0) is 17.0. The molecule has 1 aromatic heterocycles. The van der Waals surface area contributed by atoms with E-state index in [1.54, 1.807) is 36.9 Å². The molecule has 5 nitrogen and oxygen atoms in total. The zero-order valence-electron chi connectivity index (χ0n) is 13.9. The molecule has 1 heterocycles. The maximum absolute atomic E-state index is 12.3. The lowest BCUT2D eigenvalue weighted by atomic mass is 10.0. The van der Waals surface area contributed by atoms with Gasteiger partial charge in [-0.3, -0.25) is 4.79 Å². The van der Waals surface area contributed by atoms with E-state index in [4.69, 9.17) is 4.74 Å². The van der Waals surface area contributed by atoms with Crippen LogP contribution in [0.25, 0.3) is 0 Å². The molecule has 1 amide bonds. The third kappa shape index (κ3) is 4.00. The Hall–Kier alpha value is -2.56. The quantitative estimate of drug-likeness (QED) is 0.861. The third-order valence-corrected chi connectivity index (χ3v) is 3.65. The summed E-state index contributed by atoms with van der Waals surface area (Å²) in [5, 5.41) is 2.83. The lowest BCUT2D eigenvalue weighted by Gasteiger charge is -2.17. The van der Waals surface area contributed by atoms with E-state index in [9.17, 15) is 9.59 Å². The molecule has 5 heteroatoms. The van der Waals surface area contributed by atoms with Crippen LogP contribution in [0.2, 0.25) is 0 Å². The van der Waals surface area contributed by atoms with Gasteiger partial charge in [0.15, 0.2) is 6.10 Å². The summed E-state index contributed by atoms with van der Waals surface area (Å²) >= 11 is 0. The Balaban J connectivity index is 2.04. The van der Waals surface area contributed by atoms with Gasteiger partial charge in [0.25, 0.3) is 5.91 Å². The molecule has 0 unspecified atom stereocenters. The first-order valence-electron chi connectivity index (χ1n) is 7.62. The van der Waals surface area contributed by atoms with E-state index >= 15 is 0 Å². The molecule has 2 aromatic rings. The first-order valence-corrected chi connectivity index (χ1v) is 7.62. The Morgan fingerprint density at radius 2 is 1.78 bits per heavy atom. The standard InChI is InChI=1S/C18H22N2O3/c1-12(2)14-8-5-6-9-15(14)19-17(21)13(3)23-18(22)16-10-7-11-20(16)4/h5-13H,1-4H3,(H,19,21)/t13-/m1/s1. The number of amides is 1. The number of para-hydroxylation sites is 1. The van der Waals surface area contributed by atoms with E-state index in [0.29, 0.717) is 5.69 Å². The fourth-order valence-electron chi connectivity index (χ4n) is 2.30. The summed E-state index contributed by atoms with van der Waals surface area (Å²) in [6.45, 7) is 5.68. The van der Waals surface area contributed by atoms with Crippen molar-refractivity contribution in [1.29, 1.82) is 0 Å². The number of esters is 1. The molecule has 0 saturated heterocycles. The minimum absolute atomic E-state index is 0.285. The molecule has 2 rings (SSSR count). The van der Waals surface area contributed by atoms with Gasteiger partial charge in [-0.2, -0.15) is 0 Å². The molecule has 0 saturated carbocycles. The van der Waals surface area contributed by atoms with Gasteiger partial charge in [0.05, 0.1) is 0 Å². The number of rotatable bonds is 5. The van der Waals surface area contributed by atoms with Gasteiger partial charge in [0, 0.05) is 18.9 Å². The van der Waals surface area contributed by atoms with Crippen LogP contribution >= 0.6 is 0 Å². The summed E-state index contributed by atoms with van der Waals surface area (Å²) < 4.78 is 6.89. The number of aryl methyl sites for hydroxylation is 1. The second-order valence-electron chi connectivity index (χ2n) is 5.78. The Bertz CT molecular complexity index is 704. The van der Waals surface area contributed by atoms with Gasteiger partial charge in [-0.05, 0) is 36.6 Å². The van der Waals surface area contributed by atoms with E-state index in [1.165, 1.54) is 0 Å². The Kier molecular flexibility index (Phi) is 5.21. The number of benzene rings is 1. The van der Waals surface area contributed by atoms with E-state index < -0.39 is 12.1 Å². The van der Waals surface area contributed by atoms with Gasteiger partial charge in [-0.1, -0.05) is 32.0 Å². The number of anilines is 1. The van der Waals surface area contributed by atoms with Crippen molar-refractivity contribution in [2.75, 3.05) is 5.32 Å². The van der Waals surface area contributed by atoms with Crippen LogP contribution < -0.4 is 5.32 Å². The number of hydrogen-bond donors (Lipinski definition) is 1. The molecule has 1 aromatic carbocycles. The highest BCUT2D eigenvalue weighted by Gasteiger charge is 2.21. The number of carbonyl (C=O) groups excluding carboxylic acids is 2. The van der Waals surface area contributed by atoms with Crippen molar-refractivity contribution in [2.45, 2.75) is 32.8 Å². The molecule has 122 valence electrons. The first kappa shape index (κ1) is 16.8. The molecule has 0 spiro atoms. The molecular weight excluding hydrogens is 292 g/mol. The van der Waals surface area contributed by atoms with Crippen molar-refractivity contribution < 1.29 is 14.3 Å². The maximum Gasteiger partial charge on any atom is 0.355 e. The van der Waals surface area contributed by atoms with Crippen molar-refractivity contribution in [3.63, 3.8) is 0 Å². The van der Waals surface area contributed by atoms with Gasteiger partial charge in [0.1, 0.15) is 5.69 Å². The molecule has 0 fully saturated rings. The average molecular weight is 314 g/mol. The van der Waals surface area contributed by atoms with E-state index in [-0.39, 0.29) is 11.8 Å². The Morgan fingerprint density at radius 3 is 2.39 bits per heavy atom. The zero-order valence-corrected chi connectivity index (χ0v) is 13.9. The topological polar surface area (TPSA) is 60.3 Å². The molecule has 1 atom stereocenters. The first-order chi connectivity index (χ1) is 10.9. The highest BCUT2D eigenvalue weighted by atomic mass is 16.5. The summed E-state index contributed by atoms with van der Waals surface area (Å²) in [5.74, 6) is -0.578. The van der Waals surface area contributed by atoms with Crippen molar-refractivity contribution in [3.05, 3.63) is 53.9 Å². The van der Waals surface area contributed by atoms with E-state index in [2.05, 4.69) is 19.2 Å². The number of aromatic nitrogens is 1. The molecular formula is C18H22N2O3. The molecule has 0 aliphatic carbocycles. The largest absolute Gasteiger partial charge is 0.448 e. The SMILES string of the molecule is CC(C)c1ccccc1NC(=O)[C@@H](C)OC(=O)c1cccn1C. The lowest BCUT2D eigenvalue weighted by molar-refractivity contribution is -0.123. The summed E-state index contributed by atoms with van der Waals surface area (Å²) in [7, 11) is 1.75. The summed E-state index contributed by atoms with van der Waals surface area (Å²) in [4.78, 5) is 24.3. The molecule has 23 heavy (non-hydrogen) atoms. The predicted octanol–water partition coefficient (Wildman–Crippen LogP) is 3.33. The highest BCUT2D eigenvalue weighted by Crippen LogP contribution is 2.23. The average Bonchev–Trinajstić information content (AvgIpc) is 2.93. The second kappa shape index (κ2) is 7.13. The van der Waals surface area contributed by atoms with Crippen molar-refractivity contribution in [3.8, 4) is 0 Å². The third-order valence-electron chi connectivity index (χ3n) is 3.65. The number of hydrogen-bond acceptors (Lipinski definition) is 3. The van der Waals surface area contributed by atoms with Crippen molar-refractivity contribution in [2.24, 2.45) is 7.05 Å². The van der Waals surface area contributed by atoms with Crippen LogP contribution in [0.3, 0.4) is 0 Å². The van der Waals surface area contributed by atoms with Gasteiger partial charge in [0.2, 0.25) is 0 Å². The monoisotopic (exact) mass is 314 g/mol. The second-order valence-corrected chi connectivity index (χ2v) is 5.78. The predicted molar refractivity (Wildman–Crippen MR) is 89.5 cm³/mol. The van der Waals surface area contributed by atoms with Crippen LogP contribution in [0.1, 0.15) is 42.7 Å². The fourth-order valence-corrected chi connectivity index (χ4v) is 2.30. The van der Waals surface area contributed by atoms with Crippen LogP contribution in [0.5, 0.6) is 0 Å².